The lowest BCUT2D eigenvalue weighted by Gasteiger charge is -2.18. The second kappa shape index (κ2) is 9.52. The number of phenols is 2. The summed E-state index contributed by atoms with van der Waals surface area (Å²) < 4.78 is 5.58. The number of nitrogens with one attached hydrogen (secondary N) is 2. The van der Waals surface area contributed by atoms with E-state index in [0.29, 0.717) is 51.3 Å². The number of hydrogen-bond acceptors (Lipinski definition) is 6. The number of aromatic nitrogens is 2. The van der Waals surface area contributed by atoms with E-state index in [4.69, 9.17) is 16.3 Å². The number of amides is 2. The summed E-state index contributed by atoms with van der Waals surface area (Å²) in [7, 11) is 1.57. The number of H-pyrrole nitrogens is 1. The zero-order valence-electron chi connectivity index (χ0n) is 20.7. The molecule has 0 aliphatic carbocycles. The van der Waals surface area contributed by atoms with Gasteiger partial charge in [0, 0.05) is 46.1 Å². The molecule has 5 aromatic rings. The van der Waals surface area contributed by atoms with Crippen molar-refractivity contribution in [2.24, 2.45) is 0 Å². The highest BCUT2D eigenvalue weighted by Gasteiger charge is 2.36. The Bertz CT molecular complexity index is 1770. The van der Waals surface area contributed by atoms with Crippen LogP contribution in [0, 0.1) is 0 Å². The number of fused-ring (bicyclic) bond motifs is 4. The van der Waals surface area contributed by atoms with Crippen molar-refractivity contribution in [3.63, 3.8) is 0 Å². The van der Waals surface area contributed by atoms with Gasteiger partial charge in [0.1, 0.15) is 28.8 Å². The van der Waals surface area contributed by atoms with Crippen LogP contribution in [0.3, 0.4) is 0 Å². The molecule has 196 valence electrons. The first-order valence-corrected chi connectivity index (χ1v) is 12.7. The van der Waals surface area contributed by atoms with Gasteiger partial charge >= 0.3 is 0 Å². The molecule has 10 heteroatoms. The standard InChI is InChI=1S/C29H23ClN4O5/c1-39-24-4-2-3-19-23(36)11-22-26(27(19)24)17(12-30)14-34(22)29(38)20-9-16-10-25(31-13-21(16)32-20)33-28(37)15-5-7-18(35)8-6-15/h2-11,13,17,32,35-36H,12,14H2,1H3,(H,31,33,37). The van der Waals surface area contributed by atoms with Crippen LogP contribution in [0.5, 0.6) is 17.2 Å². The topological polar surface area (TPSA) is 128 Å². The fraction of sp³-hybridized carbons (Fsp3) is 0.138. The normalized spacial score (nSPS) is 14.5. The molecule has 2 aromatic heterocycles. The molecule has 0 fully saturated rings. The highest BCUT2D eigenvalue weighted by molar-refractivity contribution is 6.19. The summed E-state index contributed by atoms with van der Waals surface area (Å²) >= 11 is 6.36. The Kier molecular flexibility index (Phi) is 6.00. The Morgan fingerprint density at radius 2 is 1.95 bits per heavy atom. The molecule has 3 aromatic carbocycles. The molecule has 0 saturated carbocycles. The number of carbonyl (C=O) groups excluding carboxylic acids is 2. The lowest BCUT2D eigenvalue weighted by Crippen LogP contribution is -2.30. The van der Waals surface area contributed by atoms with Gasteiger partial charge in [0.05, 0.1) is 24.5 Å². The number of ether oxygens (including phenoxy) is 1. The van der Waals surface area contributed by atoms with Gasteiger partial charge in [-0.25, -0.2) is 4.98 Å². The minimum Gasteiger partial charge on any atom is -0.508 e. The summed E-state index contributed by atoms with van der Waals surface area (Å²) in [4.78, 5) is 35.3. The third kappa shape index (κ3) is 4.17. The van der Waals surface area contributed by atoms with Gasteiger partial charge in [0.25, 0.3) is 11.8 Å². The third-order valence-corrected chi connectivity index (χ3v) is 7.35. The molecule has 0 radical (unpaired) electrons. The van der Waals surface area contributed by atoms with Gasteiger partial charge in [-0.3, -0.25) is 9.59 Å². The number of nitrogens with zero attached hydrogens (tertiary/aromatic N) is 2. The number of aromatic amines is 1. The largest absolute Gasteiger partial charge is 0.508 e. The maximum atomic E-state index is 13.7. The predicted octanol–water partition coefficient (Wildman–Crippen LogP) is 5.37. The van der Waals surface area contributed by atoms with Gasteiger partial charge in [0.2, 0.25) is 0 Å². The summed E-state index contributed by atoms with van der Waals surface area (Å²) in [5, 5.41) is 25.0. The number of anilines is 2. The van der Waals surface area contributed by atoms with Gasteiger partial charge in [-0.05, 0) is 48.0 Å². The summed E-state index contributed by atoms with van der Waals surface area (Å²) in [6, 6.07) is 16.3. The quantitative estimate of drug-likeness (QED) is 0.221. The fourth-order valence-corrected chi connectivity index (χ4v) is 5.38. The highest BCUT2D eigenvalue weighted by Crippen LogP contribution is 2.48. The van der Waals surface area contributed by atoms with Gasteiger partial charge in [-0.15, -0.1) is 11.6 Å². The molecule has 1 atom stereocenters. The van der Waals surface area contributed by atoms with Gasteiger partial charge < -0.3 is 30.2 Å². The van der Waals surface area contributed by atoms with Crippen LogP contribution >= 0.6 is 11.6 Å². The van der Waals surface area contributed by atoms with Crippen molar-refractivity contribution in [3.8, 4) is 17.2 Å². The SMILES string of the molecule is COc1cccc2c(O)cc3c(c12)C(CCl)CN3C(=O)c1cc2cc(NC(=O)c3ccc(O)cc3)ncc2[nH]1. The van der Waals surface area contributed by atoms with E-state index in [9.17, 15) is 19.8 Å². The van der Waals surface area contributed by atoms with Crippen molar-refractivity contribution in [3.05, 3.63) is 83.7 Å². The van der Waals surface area contributed by atoms with E-state index in [-0.39, 0.29) is 35.1 Å². The van der Waals surface area contributed by atoms with E-state index in [1.54, 1.807) is 42.5 Å². The zero-order chi connectivity index (χ0) is 27.3. The number of phenolic OH excluding ortho intramolecular Hbond substituents is 2. The van der Waals surface area contributed by atoms with E-state index < -0.39 is 0 Å². The van der Waals surface area contributed by atoms with Crippen molar-refractivity contribution < 1.29 is 24.5 Å². The van der Waals surface area contributed by atoms with Crippen molar-refractivity contribution in [1.29, 1.82) is 0 Å². The second-order valence-corrected chi connectivity index (χ2v) is 9.63. The molecule has 3 heterocycles. The molecule has 1 unspecified atom stereocenters. The first kappa shape index (κ1) is 24.6. The first-order chi connectivity index (χ1) is 18.9. The zero-order valence-corrected chi connectivity index (χ0v) is 21.5. The van der Waals surface area contributed by atoms with E-state index >= 15 is 0 Å². The van der Waals surface area contributed by atoms with E-state index in [0.717, 1.165) is 10.9 Å². The summed E-state index contributed by atoms with van der Waals surface area (Å²) in [6.07, 6.45) is 1.54. The average molecular weight is 543 g/mol. The van der Waals surface area contributed by atoms with Crippen LogP contribution in [-0.2, 0) is 0 Å². The van der Waals surface area contributed by atoms with E-state index in [1.807, 2.05) is 12.1 Å². The van der Waals surface area contributed by atoms with Crippen LogP contribution in [0.2, 0.25) is 0 Å². The summed E-state index contributed by atoms with van der Waals surface area (Å²) in [5.74, 6) is 0.494. The van der Waals surface area contributed by atoms with Crippen molar-refractivity contribution >= 4 is 56.6 Å². The summed E-state index contributed by atoms with van der Waals surface area (Å²) in [5.41, 5.74) is 2.76. The molecule has 1 aliphatic rings. The van der Waals surface area contributed by atoms with Crippen LogP contribution in [0.15, 0.2) is 66.9 Å². The van der Waals surface area contributed by atoms with E-state index in [2.05, 4.69) is 15.3 Å². The van der Waals surface area contributed by atoms with Gasteiger partial charge in [-0.1, -0.05) is 12.1 Å². The Morgan fingerprint density at radius 3 is 2.69 bits per heavy atom. The number of carbonyl (C=O) groups is 2. The molecule has 2 amide bonds. The molecular weight excluding hydrogens is 520 g/mol. The number of aromatic hydroxyl groups is 2. The molecule has 4 N–H and O–H groups in total. The average Bonchev–Trinajstić information content (AvgIpc) is 3.54. The lowest BCUT2D eigenvalue weighted by molar-refractivity contribution is 0.0983. The first-order valence-electron chi connectivity index (χ1n) is 12.2. The highest BCUT2D eigenvalue weighted by atomic mass is 35.5. The van der Waals surface area contributed by atoms with Crippen LogP contribution in [-0.4, -0.2) is 51.5 Å². The van der Waals surface area contributed by atoms with Crippen LogP contribution in [0.25, 0.3) is 21.7 Å². The molecule has 6 rings (SSSR count). The van der Waals surface area contributed by atoms with Gasteiger partial charge in [0.15, 0.2) is 0 Å². The Labute approximate surface area is 227 Å². The molecule has 0 bridgehead atoms. The minimum absolute atomic E-state index is 0.0468. The summed E-state index contributed by atoms with van der Waals surface area (Å²) in [6.45, 7) is 0.343. The maximum absolute atomic E-state index is 13.7. The lowest BCUT2D eigenvalue weighted by atomic mass is 9.94. The molecule has 39 heavy (non-hydrogen) atoms. The number of methoxy groups -OCH3 is 1. The number of benzene rings is 3. The molecule has 9 nitrogen and oxygen atoms in total. The second-order valence-electron chi connectivity index (χ2n) is 9.32. The minimum atomic E-state index is -0.378. The predicted molar refractivity (Wildman–Crippen MR) is 149 cm³/mol. The smallest absolute Gasteiger partial charge is 0.274 e. The third-order valence-electron chi connectivity index (χ3n) is 6.98. The number of alkyl halides is 1. The maximum Gasteiger partial charge on any atom is 0.274 e. The molecular formula is C29H23ClN4O5. The Morgan fingerprint density at radius 1 is 1.15 bits per heavy atom. The van der Waals surface area contributed by atoms with Crippen molar-refractivity contribution in [1.82, 2.24) is 9.97 Å². The van der Waals surface area contributed by atoms with Crippen molar-refractivity contribution in [2.75, 3.05) is 29.8 Å². The number of hydrogen-bond donors (Lipinski definition) is 4. The van der Waals surface area contributed by atoms with Crippen LogP contribution in [0.1, 0.15) is 32.3 Å². The number of pyridine rings is 1. The molecule has 0 spiro atoms. The van der Waals surface area contributed by atoms with Crippen molar-refractivity contribution in [2.45, 2.75) is 5.92 Å². The Hall–Kier alpha value is -4.76. The number of halogens is 1. The Balaban J connectivity index is 1.33. The van der Waals surface area contributed by atoms with Crippen LogP contribution in [0.4, 0.5) is 11.5 Å². The molecule has 1 aliphatic heterocycles. The molecule has 0 saturated heterocycles. The van der Waals surface area contributed by atoms with Gasteiger partial charge in [-0.2, -0.15) is 0 Å². The number of rotatable bonds is 5. The fourth-order valence-electron chi connectivity index (χ4n) is 5.13. The van der Waals surface area contributed by atoms with Crippen LogP contribution < -0.4 is 15.0 Å². The van der Waals surface area contributed by atoms with E-state index in [1.165, 1.54) is 24.3 Å². The monoisotopic (exact) mass is 542 g/mol.